The fourth-order valence-electron chi connectivity index (χ4n) is 6.94. The highest BCUT2D eigenvalue weighted by Crippen LogP contribution is 2.47. The number of nitrogens with one attached hydrogen (secondary N) is 1. The van der Waals surface area contributed by atoms with Crippen molar-refractivity contribution in [2.75, 3.05) is 0 Å². The highest BCUT2D eigenvalue weighted by molar-refractivity contribution is 7.27. The molecule has 0 aliphatic carbocycles. The van der Waals surface area contributed by atoms with Crippen molar-refractivity contribution in [1.82, 2.24) is 9.88 Å². The molecule has 1 N–H and O–H groups in total. The second kappa shape index (κ2) is 11.6. The van der Waals surface area contributed by atoms with Crippen molar-refractivity contribution in [2.24, 2.45) is 4.99 Å². The maximum absolute atomic E-state index is 4.98. The van der Waals surface area contributed by atoms with Gasteiger partial charge in [-0.3, -0.25) is 4.99 Å². The van der Waals surface area contributed by atoms with E-state index >= 15 is 0 Å². The van der Waals surface area contributed by atoms with E-state index in [0.29, 0.717) is 13.1 Å². The lowest BCUT2D eigenvalue weighted by molar-refractivity contribution is 0.895. The van der Waals surface area contributed by atoms with Crippen LogP contribution in [0.3, 0.4) is 0 Å². The lowest BCUT2D eigenvalue weighted by atomic mass is 10.00. The van der Waals surface area contributed by atoms with E-state index in [4.69, 9.17) is 4.99 Å². The van der Waals surface area contributed by atoms with Crippen molar-refractivity contribution in [3.05, 3.63) is 174 Å². The van der Waals surface area contributed by atoms with Gasteiger partial charge in [-0.25, -0.2) is 0 Å². The van der Waals surface area contributed by atoms with Gasteiger partial charge < -0.3 is 9.88 Å². The third kappa shape index (κ3) is 4.77. The molecule has 0 spiro atoms. The summed E-state index contributed by atoms with van der Waals surface area (Å²) < 4.78 is 5.15. The van der Waals surface area contributed by atoms with Crippen LogP contribution in [0.2, 0.25) is 0 Å². The summed E-state index contributed by atoms with van der Waals surface area (Å²) in [6.07, 6.45) is 0. The van der Waals surface area contributed by atoms with Crippen LogP contribution in [0, 0.1) is 0 Å². The maximum atomic E-state index is 4.98. The number of hydrogen-bond donors (Lipinski definition) is 1. The molecule has 9 aromatic rings. The zero-order valence-corrected chi connectivity index (χ0v) is 26.5. The van der Waals surface area contributed by atoms with E-state index < -0.39 is 0 Å². The lowest BCUT2D eigenvalue weighted by Crippen LogP contribution is -2.24. The van der Waals surface area contributed by atoms with Crippen molar-refractivity contribution in [3.63, 3.8) is 0 Å². The topological polar surface area (TPSA) is 29.3 Å². The molecule has 4 heteroatoms. The average molecular weight is 622 g/mol. The summed E-state index contributed by atoms with van der Waals surface area (Å²) in [6.45, 7) is 1.31. The number of aromatic nitrogens is 1. The zero-order chi connectivity index (χ0) is 31.2. The first kappa shape index (κ1) is 27.6. The Kier molecular flexibility index (Phi) is 6.80. The molecular formula is C43H31N3S. The summed E-state index contributed by atoms with van der Waals surface area (Å²) in [7, 11) is 0. The first-order chi connectivity index (χ1) is 23.3. The van der Waals surface area contributed by atoms with Gasteiger partial charge in [0.2, 0.25) is 0 Å². The van der Waals surface area contributed by atoms with Crippen molar-refractivity contribution in [2.45, 2.75) is 13.1 Å². The molecule has 0 aliphatic rings. The zero-order valence-electron chi connectivity index (χ0n) is 25.7. The van der Waals surface area contributed by atoms with Gasteiger partial charge in [-0.15, -0.1) is 11.3 Å². The van der Waals surface area contributed by atoms with Crippen molar-refractivity contribution >= 4 is 69.9 Å². The third-order valence-corrected chi connectivity index (χ3v) is 10.3. The Bertz CT molecular complexity index is 2580. The van der Waals surface area contributed by atoms with Gasteiger partial charge in [-0.2, -0.15) is 0 Å². The van der Waals surface area contributed by atoms with Crippen LogP contribution in [0.1, 0.15) is 16.7 Å². The van der Waals surface area contributed by atoms with Crippen LogP contribution in [-0.2, 0) is 13.1 Å². The molecule has 0 saturated carbocycles. The largest absolute Gasteiger partial charge is 0.366 e. The molecule has 47 heavy (non-hydrogen) atoms. The molecule has 2 heterocycles. The minimum absolute atomic E-state index is 0.631. The molecule has 7 aromatic carbocycles. The average Bonchev–Trinajstić information content (AvgIpc) is 3.70. The Morgan fingerprint density at radius 2 is 1.19 bits per heavy atom. The van der Waals surface area contributed by atoms with Crippen LogP contribution < -0.4 is 5.32 Å². The Labute approximate surface area is 277 Å². The number of nitrogens with zero attached hydrogens (tertiary/aromatic N) is 2. The Morgan fingerprint density at radius 3 is 1.98 bits per heavy atom. The SMILES string of the molecule is c1ccc(CN=C(NCc2ccc(-n3c4ccccc4c4c5sc6ccccc6c5c5ccccc5c43)cc2)c2ccccc2)cc1. The Hall–Kier alpha value is -5.71. The summed E-state index contributed by atoms with van der Waals surface area (Å²) in [6, 6.07) is 56.4. The monoisotopic (exact) mass is 621 g/mol. The molecule has 2 aromatic heterocycles. The molecule has 3 nitrogen and oxygen atoms in total. The van der Waals surface area contributed by atoms with Crippen molar-refractivity contribution in [3.8, 4) is 5.69 Å². The molecule has 0 fully saturated rings. The van der Waals surface area contributed by atoms with Crippen LogP contribution in [0.5, 0.6) is 0 Å². The number of aliphatic imine (C=N–C) groups is 1. The van der Waals surface area contributed by atoms with Gasteiger partial charge in [0.1, 0.15) is 5.84 Å². The minimum Gasteiger partial charge on any atom is -0.366 e. The van der Waals surface area contributed by atoms with E-state index in [1.54, 1.807) is 0 Å². The van der Waals surface area contributed by atoms with Gasteiger partial charge in [0.15, 0.2) is 0 Å². The minimum atomic E-state index is 0.631. The summed E-state index contributed by atoms with van der Waals surface area (Å²) in [5, 5.41) is 11.5. The van der Waals surface area contributed by atoms with Crippen LogP contribution in [0.15, 0.2) is 163 Å². The number of benzene rings is 7. The van der Waals surface area contributed by atoms with E-state index in [1.807, 2.05) is 23.5 Å². The molecule has 0 amide bonds. The van der Waals surface area contributed by atoms with Gasteiger partial charge >= 0.3 is 0 Å². The third-order valence-electron chi connectivity index (χ3n) is 9.11. The smallest absolute Gasteiger partial charge is 0.128 e. The molecular weight excluding hydrogens is 591 g/mol. The molecule has 224 valence electrons. The normalized spacial score (nSPS) is 12.1. The molecule has 0 radical (unpaired) electrons. The number of fused-ring (bicyclic) bond motifs is 10. The van der Waals surface area contributed by atoms with E-state index in [-0.39, 0.29) is 0 Å². The van der Waals surface area contributed by atoms with E-state index in [1.165, 1.54) is 63.9 Å². The van der Waals surface area contributed by atoms with Gasteiger partial charge in [0.25, 0.3) is 0 Å². The molecule has 0 aliphatic heterocycles. The van der Waals surface area contributed by atoms with Crippen molar-refractivity contribution < 1.29 is 0 Å². The Morgan fingerprint density at radius 1 is 0.553 bits per heavy atom. The fraction of sp³-hybridized carbons (Fsp3) is 0.0465. The number of hydrogen-bond acceptors (Lipinski definition) is 2. The number of para-hydroxylation sites is 1. The molecule has 0 saturated heterocycles. The second-order valence-electron chi connectivity index (χ2n) is 12.0. The van der Waals surface area contributed by atoms with Gasteiger partial charge in [-0.1, -0.05) is 133 Å². The molecule has 0 unspecified atom stereocenters. The predicted molar refractivity (Wildman–Crippen MR) is 201 cm³/mol. The highest BCUT2D eigenvalue weighted by Gasteiger charge is 2.21. The van der Waals surface area contributed by atoms with Gasteiger partial charge in [-0.05, 0) is 40.8 Å². The van der Waals surface area contributed by atoms with Crippen LogP contribution >= 0.6 is 11.3 Å². The fourth-order valence-corrected chi connectivity index (χ4v) is 8.21. The molecule has 0 bridgehead atoms. The van der Waals surface area contributed by atoms with Crippen LogP contribution in [0.4, 0.5) is 0 Å². The lowest BCUT2D eigenvalue weighted by Gasteiger charge is -2.13. The van der Waals surface area contributed by atoms with E-state index in [2.05, 4.69) is 155 Å². The number of amidine groups is 1. The Balaban J connectivity index is 1.14. The van der Waals surface area contributed by atoms with E-state index in [0.717, 1.165) is 17.1 Å². The summed E-state index contributed by atoms with van der Waals surface area (Å²) >= 11 is 1.91. The van der Waals surface area contributed by atoms with Gasteiger partial charge in [0.05, 0.1) is 17.6 Å². The van der Waals surface area contributed by atoms with Crippen LogP contribution in [-0.4, -0.2) is 10.4 Å². The standard InChI is InChI=1S/C43H31N3S/c1-3-13-29(14-4-1)27-44-43(31-15-5-2-6-16-31)45-28-30-23-25-32(26-24-30)46-37-21-11-9-19-35(37)40-41(46)34-18-8-7-17-33(34)39-36-20-10-12-22-38(36)47-42(39)40/h1-26H,27-28H2,(H,44,45). The van der Waals surface area contributed by atoms with Gasteiger partial charge in [0, 0.05) is 54.1 Å². The summed E-state index contributed by atoms with van der Waals surface area (Å²) in [5.74, 6) is 0.903. The summed E-state index contributed by atoms with van der Waals surface area (Å²) in [4.78, 5) is 4.98. The van der Waals surface area contributed by atoms with Crippen LogP contribution in [0.25, 0.3) is 58.4 Å². The first-order valence-electron chi connectivity index (χ1n) is 16.1. The predicted octanol–water partition coefficient (Wildman–Crippen LogP) is 11.0. The number of rotatable bonds is 6. The quantitative estimate of drug-likeness (QED) is 0.145. The van der Waals surface area contributed by atoms with Crippen molar-refractivity contribution in [1.29, 1.82) is 0 Å². The van der Waals surface area contributed by atoms with E-state index in [9.17, 15) is 0 Å². The molecule has 9 rings (SSSR count). The summed E-state index contributed by atoms with van der Waals surface area (Å²) in [5.41, 5.74) is 7.14. The number of thiophene rings is 1. The molecule has 0 atom stereocenters. The second-order valence-corrected chi connectivity index (χ2v) is 13.0. The first-order valence-corrected chi connectivity index (χ1v) is 16.9. The maximum Gasteiger partial charge on any atom is 0.128 e. The highest BCUT2D eigenvalue weighted by atomic mass is 32.1.